The summed E-state index contributed by atoms with van der Waals surface area (Å²) in [6.45, 7) is 5.34. The quantitative estimate of drug-likeness (QED) is 0.831. The zero-order valence-corrected chi connectivity index (χ0v) is 12.1. The van der Waals surface area contributed by atoms with Gasteiger partial charge in [-0.1, -0.05) is 17.7 Å². The van der Waals surface area contributed by atoms with E-state index in [-0.39, 0.29) is 6.04 Å². The van der Waals surface area contributed by atoms with E-state index in [0.717, 1.165) is 38.9 Å². The van der Waals surface area contributed by atoms with E-state index in [2.05, 4.69) is 24.9 Å². The first-order valence-corrected chi connectivity index (χ1v) is 7.17. The van der Waals surface area contributed by atoms with Gasteiger partial charge in [-0.05, 0) is 45.4 Å². The second-order valence-electron chi connectivity index (χ2n) is 5.59. The molecule has 2 rings (SSSR count). The van der Waals surface area contributed by atoms with Crippen molar-refractivity contribution in [2.45, 2.75) is 32.2 Å². The molecule has 19 heavy (non-hydrogen) atoms. The van der Waals surface area contributed by atoms with Gasteiger partial charge >= 0.3 is 0 Å². The molecule has 2 heterocycles. The van der Waals surface area contributed by atoms with Crippen LogP contribution in [0.5, 0.6) is 0 Å². The molecule has 0 spiro atoms. The zero-order chi connectivity index (χ0) is 13.8. The third-order valence-electron chi connectivity index (χ3n) is 4.24. The molecule has 0 radical (unpaired) electrons. The molecular formula is C15H25N3O. The van der Waals surface area contributed by atoms with E-state index in [1.807, 2.05) is 11.0 Å². The molecule has 0 aromatic rings. The van der Waals surface area contributed by atoms with E-state index in [1.165, 1.54) is 11.1 Å². The first-order valence-electron chi connectivity index (χ1n) is 7.17. The number of hydrogen-bond donors (Lipinski definition) is 1. The standard InChI is InChI=1S/C15H25N3O/c1-12-7-10-18(11-13(12)5-3-8-16)15(19)14-6-4-9-17(14)2/h3,5,14H,4,6-11,16H2,1-2H3/b5-3-. The summed E-state index contributed by atoms with van der Waals surface area (Å²) in [4.78, 5) is 16.7. The van der Waals surface area contributed by atoms with Crippen molar-refractivity contribution in [3.05, 3.63) is 23.3 Å². The van der Waals surface area contributed by atoms with Gasteiger partial charge in [0, 0.05) is 19.6 Å². The van der Waals surface area contributed by atoms with Crippen LogP contribution in [-0.4, -0.2) is 55.0 Å². The van der Waals surface area contributed by atoms with Crippen LogP contribution >= 0.6 is 0 Å². The second-order valence-corrected chi connectivity index (χ2v) is 5.59. The number of likely N-dealkylation sites (N-methyl/N-ethyl adjacent to an activating group) is 1. The van der Waals surface area contributed by atoms with Crippen molar-refractivity contribution in [3.63, 3.8) is 0 Å². The van der Waals surface area contributed by atoms with Gasteiger partial charge in [0.15, 0.2) is 0 Å². The molecule has 2 aliphatic heterocycles. The van der Waals surface area contributed by atoms with Crippen LogP contribution < -0.4 is 5.73 Å². The predicted octanol–water partition coefficient (Wildman–Crippen LogP) is 1.14. The fourth-order valence-electron chi connectivity index (χ4n) is 2.91. The first-order chi connectivity index (χ1) is 9.13. The van der Waals surface area contributed by atoms with Gasteiger partial charge in [0.25, 0.3) is 0 Å². The van der Waals surface area contributed by atoms with Crippen LogP contribution in [0, 0.1) is 0 Å². The molecule has 1 saturated heterocycles. The fourth-order valence-corrected chi connectivity index (χ4v) is 2.91. The van der Waals surface area contributed by atoms with Crippen molar-refractivity contribution in [2.75, 3.05) is 33.2 Å². The summed E-state index contributed by atoms with van der Waals surface area (Å²) < 4.78 is 0. The largest absolute Gasteiger partial charge is 0.337 e. The average molecular weight is 263 g/mol. The van der Waals surface area contributed by atoms with Crippen molar-refractivity contribution in [3.8, 4) is 0 Å². The summed E-state index contributed by atoms with van der Waals surface area (Å²) >= 11 is 0. The van der Waals surface area contributed by atoms with Crippen molar-refractivity contribution in [1.82, 2.24) is 9.80 Å². The van der Waals surface area contributed by atoms with Crippen LogP contribution in [0.3, 0.4) is 0 Å². The van der Waals surface area contributed by atoms with Crippen LogP contribution in [-0.2, 0) is 4.79 Å². The summed E-state index contributed by atoms with van der Waals surface area (Å²) in [6.07, 6.45) is 7.16. The van der Waals surface area contributed by atoms with Gasteiger partial charge in [-0.3, -0.25) is 9.69 Å². The molecule has 2 aliphatic rings. The van der Waals surface area contributed by atoms with Gasteiger partial charge in [-0.15, -0.1) is 0 Å². The van der Waals surface area contributed by atoms with Crippen molar-refractivity contribution < 1.29 is 4.79 Å². The minimum atomic E-state index is 0.0955. The summed E-state index contributed by atoms with van der Waals surface area (Å²) in [6, 6.07) is 0.0955. The molecule has 2 N–H and O–H groups in total. The Labute approximate surface area is 115 Å². The summed E-state index contributed by atoms with van der Waals surface area (Å²) in [5.74, 6) is 0.297. The van der Waals surface area contributed by atoms with Gasteiger partial charge in [-0.2, -0.15) is 0 Å². The Hall–Kier alpha value is -1.13. The minimum absolute atomic E-state index is 0.0955. The molecule has 4 nitrogen and oxygen atoms in total. The highest BCUT2D eigenvalue weighted by Crippen LogP contribution is 2.23. The highest BCUT2D eigenvalue weighted by Gasteiger charge is 2.32. The topological polar surface area (TPSA) is 49.6 Å². The Kier molecular flexibility index (Phi) is 4.77. The maximum atomic E-state index is 12.5. The number of rotatable bonds is 3. The molecule has 4 heteroatoms. The molecule has 0 aromatic heterocycles. The third kappa shape index (κ3) is 3.25. The fraction of sp³-hybridized carbons (Fsp3) is 0.667. The Balaban J connectivity index is 2.03. The number of carbonyl (C=O) groups is 1. The van der Waals surface area contributed by atoms with Gasteiger partial charge in [-0.25, -0.2) is 0 Å². The van der Waals surface area contributed by atoms with Gasteiger partial charge < -0.3 is 10.6 Å². The van der Waals surface area contributed by atoms with E-state index < -0.39 is 0 Å². The second kappa shape index (κ2) is 6.35. The van der Waals surface area contributed by atoms with Crippen LogP contribution in [0.25, 0.3) is 0 Å². The van der Waals surface area contributed by atoms with Crippen LogP contribution in [0.4, 0.5) is 0 Å². The Bertz CT molecular complexity index is 400. The molecule has 0 aromatic carbocycles. The SMILES string of the molecule is CC1=C(/C=C\CN)CN(C(=O)C2CCCN2C)CC1. The average Bonchev–Trinajstić information content (AvgIpc) is 2.83. The highest BCUT2D eigenvalue weighted by atomic mass is 16.2. The molecule has 0 saturated carbocycles. The Morgan fingerprint density at radius 2 is 2.26 bits per heavy atom. The lowest BCUT2D eigenvalue weighted by atomic mass is 10.00. The van der Waals surface area contributed by atoms with Crippen molar-refractivity contribution in [2.24, 2.45) is 5.73 Å². The summed E-state index contributed by atoms with van der Waals surface area (Å²) in [5, 5.41) is 0. The lowest BCUT2D eigenvalue weighted by Gasteiger charge is -2.32. The third-order valence-corrected chi connectivity index (χ3v) is 4.24. The first kappa shape index (κ1) is 14.3. The number of likely N-dealkylation sites (tertiary alicyclic amines) is 1. The zero-order valence-electron chi connectivity index (χ0n) is 12.1. The Morgan fingerprint density at radius 1 is 1.47 bits per heavy atom. The van der Waals surface area contributed by atoms with E-state index in [0.29, 0.717) is 12.5 Å². The molecular weight excluding hydrogens is 238 g/mol. The minimum Gasteiger partial charge on any atom is -0.337 e. The normalized spacial score (nSPS) is 25.6. The van der Waals surface area contributed by atoms with E-state index >= 15 is 0 Å². The van der Waals surface area contributed by atoms with Crippen LogP contribution in [0.15, 0.2) is 23.3 Å². The number of carbonyl (C=O) groups excluding carboxylic acids is 1. The van der Waals surface area contributed by atoms with Crippen molar-refractivity contribution in [1.29, 1.82) is 0 Å². The summed E-state index contributed by atoms with van der Waals surface area (Å²) in [5.41, 5.74) is 8.14. The molecule has 1 atom stereocenters. The van der Waals surface area contributed by atoms with Crippen LogP contribution in [0.2, 0.25) is 0 Å². The molecule has 1 amide bonds. The predicted molar refractivity (Wildman–Crippen MR) is 77.7 cm³/mol. The molecule has 0 aliphatic carbocycles. The van der Waals surface area contributed by atoms with Gasteiger partial charge in [0.1, 0.15) is 0 Å². The summed E-state index contributed by atoms with van der Waals surface area (Å²) in [7, 11) is 2.05. The maximum Gasteiger partial charge on any atom is 0.240 e. The van der Waals surface area contributed by atoms with Gasteiger partial charge in [0.2, 0.25) is 5.91 Å². The van der Waals surface area contributed by atoms with Crippen LogP contribution in [0.1, 0.15) is 26.2 Å². The number of amides is 1. The lowest BCUT2D eigenvalue weighted by molar-refractivity contribution is -0.135. The molecule has 1 unspecified atom stereocenters. The smallest absolute Gasteiger partial charge is 0.240 e. The monoisotopic (exact) mass is 263 g/mol. The lowest BCUT2D eigenvalue weighted by Crippen LogP contribution is -2.46. The molecule has 1 fully saturated rings. The highest BCUT2D eigenvalue weighted by molar-refractivity contribution is 5.82. The molecule has 0 bridgehead atoms. The Morgan fingerprint density at radius 3 is 2.89 bits per heavy atom. The number of nitrogens with zero attached hydrogens (tertiary/aromatic N) is 2. The molecule has 106 valence electrons. The number of hydrogen-bond acceptors (Lipinski definition) is 3. The maximum absolute atomic E-state index is 12.5. The van der Waals surface area contributed by atoms with E-state index in [9.17, 15) is 4.79 Å². The number of nitrogens with two attached hydrogens (primary N) is 1. The van der Waals surface area contributed by atoms with Crippen molar-refractivity contribution >= 4 is 5.91 Å². The van der Waals surface area contributed by atoms with Gasteiger partial charge in [0.05, 0.1) is 6.04 Å². The van der Waals surface area contributed by atoms with E-state index in [1.54, 1.807) is 0 Å². The van der Waals surface area contributed by atoms with E-state index in [4.69, 9.17) is 5.73 Å².